The summed E-state index contributed by atoms with van der Waals surface area (Å²) in [7, 11) is 0. The molecule has 0 radical (unpaired) electrons. The van der Waals surface area contributed by atoms with Crippen molar-refractivity contribution in [2.75, 3.05) is 6.54 Å². The number of nitrogens with zero attached hydrogens (tertiary/aromatic N) is 3. The first-order valence-electron chi connectivity index (χ1n) is 9.60. The largest absolute Gasteiger partial charge is 0.348 e. The lowest BCUT2D eigenvalue weighted by Gasteiger charge is -2.35. The molecule has 1 atom stereocenters. The number of carbonyl (C=O) groups is 1. The number of benzene rings is 2. The van der Waals surface area contributed by atoms with Gasteiger partial charge in [0.1, 0.15) is 6.54 Å². The van der Waals surface area contributed by atoms with E-state index in [2.05, 4.69) is 23.8 Å². The van der Waals surface area contributed by atoms with Gasteiger partial charge in [0.2, 0.25) is 5.91 Å². The summed E-state index contributed by atoms with van der Waals surface area (Å²) in [6.45, 7) is 3.79. The van der Waals surface area contributed by atoms with Gasteiger partial charge in [-0.3, -0.25) is 9.59 Å². The molecule has 1 aliphatic heterocycles. The molecule has 0 aliphatic carbocycles. The number of carbonyl (C=O) groups excluding carboxylic acids is 1. The summed E-state index contributed by atoms with van der Waals surface area (Å²) in [4.78, 5) is 28.1. The quantitative estimate of drug-likeness (QED) is 0.506. The molecule has 5 rings (SSSR count). The number of aromatic nitrogens is 2. The van der Waals surface area contributed by atoms with Crippen molar-refractivity contribution in [3.63, 3.8) is 0 Å². The van der Waals surface area contributed by atoms with Crippen molar-refractivity contribution >= 4 is 27.7 Å². The molecular weight excluding hydrogens is 350 g/mol. The van der Waals surface area contributed by atoms with Crippen molar-refractivity contribution in [3.05, 3.63) is 82.8 Å². The fourth-order valence-electron chi connectivity index (χ4n) is 4.39. The van der Waals surface area contributed by atoms with Crippen molar-refractivity contribution in [1.82, 2.24) is 14.0 Å². The van der Waals surface area contributed by atoms with Gasteiger partial charge in [0.25, 0.3) is 0 Å². The minimum absolute atomic E-state index is 0.0130. The average molecular weight is 371 g/mol. The highest BCUT2D eigenvalue weighted by molar-refractivity contribution is 5.94. The van der Waals surface area contributed by atoms with Gasteiger partial charge in [-0.15, -0.1) is 0 Å². The number of rotatable bonds is 2. The van der Waals surface area contributed by atoms with Crippen molar-refractivity contribution in [3.8, 4) is 0 Å². The van der Waals surface area contributed by atoms with E-state index >= 15 is 0 Å². The molecule has 0 fully saturated rings. The van der Waals surface area contributed by atoms with Crippen LogP contribution in [0.3, 0.4) is 0 Å². The van der Waals surface area contributed by atoms with Gasteiger partial charge >= 0.3 is 0 Å². The average Bonchev–Trinajstić information content (AvgIpc) is 3.21. The number of pyridine rings is 1. The number of hydrogen-bond acceptors (Lipinski definition) is 2. The molecule has 5 heteroatoms. The summed E-state index contributed by atoms with van der Waals surface area (Å²) in [5.74, 6) is 0.0684. The van der Waals surface area contributed by atoms with Crippen molar-refractivity contribution in [2.24, 2.45) is 0 Å². The Bertz CT molecular complexity index is 1210. The molecule has 28 heavy (non-hydrogen) atoms. The van der Waals surface area contributed by atoms with Gasteiger partial charge in [0, 0.05) is 35.8 Å². The van der Waals surface area contributed by atoms with E-state index in [0.29, 0.717) is 17.3 Å². The maximum absolute atomic E-state index is 13.3. The van der Waals surface area contributed by atoms with Crippen LogP contribution in [0.25, 0.3) is 21.8 Å². The Labute approximate surface area is 162 Å². The standard InChI is InChI=1S/C23H21N3O2/c1-16-19-11-6-12-24(19)13-14-25(16)22(27)15-26-20-9-4-2-7-17(20)23(28)18-8-3-5-10-21(18)26/h2-12,16H,13-15H2,1H3. The Hall–Kier alpha value is -3.34. The Morgan fingerprint density at radius 2 is 1.57 bits per heavy atom. The summed E-state index contributed by atoms with van der Waals surface area (Å²) >= 11 is 0. The SMILES string of the molecule is CC1c2cccn2CCN1C(=O)Cn1c2ccccc2c(=O)c2ccccc21. The van der Waals surface area contributed by atoms with E-state index in [1.54, 1.807) is 0 Å². The molecule has 3 heterocycles. The summed E-state index contributed by atoms with van der Waals surface area (Å²) < 4.78 is 4.19. The number of amides is 1. The van der Waals surface area contributed by atoms with Crippen LogP contribution in [0.15, 0.2) is 71.7 Å². The van der Waals surface area contributed by atoms with Gasteiger partial charge in [-0.25, -0.2) is 0 Å². The van der Waals surface area contributed by atoms with E-state index in [9.17, 15) is 9.59 Å². The molecule has 2 aromatic heterocycles. The lowest BCUT2D eigenvalue weighted by atomic mass is 10.1. The topological polar surface area (TPSA) is 47.2 Å². The molecule has 4 aromatic rings. The lowest BCUT2D eigenvalue weighted by Crippen LogP contribution is -2.42. The molecule has 0 saturated carbocycles. The van der Waals surface area contributed by atoms with Crippen LogP contribution >= 0.6 is 0 Å². The lowest BCUT2D eigenvalue weighted by molar-refractivity contribution is -0.134. The smallest absolute Gasteiger partial charge is 0.243 e. The highest BCUT2D eigenvalue weighted by Gasteiger charge is 2.27. The third kappa shape index (κ3) is 2.47. The van der Waals surface area contributed by atoms with E-state index in [0.717, 1.165) is 23.3 Å². The molecule has 0 saturated heterocycles. The molecule has 1 amide bonds. The predicted molar refractivity (Wildman–Crippen MR) is 110 cm³/mol. The van der Waals surface area contributed by atoms with E-state index in [1.807, 2.05) is 64.1 Å². The molecular formula is C23H21N3O2. The summed E-state index contributed by atoms with van der Waals surface area (Å²) in [5.41, 5.74) is 2.77. The van der Waals surface area contributed by atoms with E-state index < -0.39 is 0 Å². The van der Waals surface area contributed by atoms with Crippen molar-refractivity contribution in [1.29, 1.82) is 0 Å². The van der Waals surface area contributed by atoms with Crippen LogP contribution in [0.2, 0.25) is 0 Å². The zero-order chi connectivity index (χ0) is 19.3. The second-order valence-corrected chi connectivity index (χ2v) is 7.34. The van der Waals surface area contributed by atoms with Crippen LogP contribution in [0, 0.1) is 0 Å². The van der Waals surface area contributed by atoms with Crippen LogP contribution in [0.5, 0.6) is 0 Å². The molecule has 1 aliphatic rings. The summed E-state index contributed by atoms with van der Waals surface area (Å²) in [6.07, 6.45) is 2.07. The minimum atomic E-state index is 0.0130. The van der Waals surface area contributed by atoms with Crippen LogP contribution in [-0.4, -0.2) is 26.5 Å². The van der Waals surface area contributed by atoms with Gasteiger partial charge in [0.15, 0.2) is 5.43 Å². The first kappa shape index (κ1) is 16.8. The fraction of sp³-hybridized carbons (Fsp3) is 0.217. The normalized spacial score (nSPS) is 16.5. The molecule has 2 aromatic carbocycles. The Morgan fingerprint density at radius 3 is 2.25 bits per heavy atom. The zero-order valence-electron chi connectivity index (χ0n) is 15.7. The van der Waals surface area contributed by atoms with Crippen molar-refractivity contribution in [2.45, 2.75) is 26.1 Å². The third-order valence-corrected chi connectivity index (χ3v) is 5.83. The van der Waals surface area contributed by atoms with Gasteiger partial charge in [-0.1, -0.05) is 24.3 Å². The Balaban J connectivity index is 1.61. The van der Waals surface area contributed by atoms with E-state index in [1.165, 1.54) is 0 Å². The van der Waals surface area contributed by atoms with Gasteiger partial charge in [-0.2, -0.15) is 0 Å². The zero-order valence-corrected chi connectivity index (χ0v) is 15.7. The highest BCUT2D eigenvalue weighted by atomic mass is 16.2. The predicted octanol–water partition coefficient (Wildman–Crippen LogP) is 3.56. The molecule has 0 N–H and O–H groups in total. The van der Waals surface area contributed by atoms with E-state index in [4.69, 9.17) is 0 Å². The fourth-order valence-corrected chi connectivity index (χ4v) is 4.39. The van der Waals surface area contributed by atoms with Crippen LogP contribution in [0.1, 0.15) is 18.7 Å². The molecule has 1 unspecified atom stereocenters. The molecule has 0 spiro atoms. The summed E-state index contributed by atoms with van der Waals surface area (Å²) in [6, 6.07) is 19.2. The van der Waals surface area contributed by atoms with E-state index in [-0.39, 0.29) is 23.9 Å². The third-order valence-electron chi connectivity index (χ3n) is 5.83. The monoisotopic (exact) mass is 371 g/mol. The van der Waals surface area contributed by atoms with Crippen molar-refractivity contribution < 1.29 is 4.79 Å². The molecule has 140 valence electrons. The second-order valence-electron chi connectivity index (χ2n) is 7.34. The van der Waals surface area contributed by atoms with Crippen LogP contribution in [-0.2, 0) is 17.9 Å². The maximum atomic E-state index is 13.3. The van der Waals surface area contributed by atoms with Crippen LogP contribution in [0.4, 0.5) is 0 Å². The maximum Gasteiger partial charge on any atom is 0.243 e. The minimum Gasteiger partial charge on any atom is -0.348 e. The summed E-state index contributed by atoms with van der Waals surface area (Å²) in [5, 5.41) is 1.30. The first-order valence-corrected chi connectivity index (χ1v) is 9.60. The van der Waals surface area contributed by atoms with Gasteiger partial charge in [0.05, 0.1) is 17.1 Å². The van der Waals surface area contributed by atoms with Gasteiger partial charge < -0.3 is 14.0 Å². The second kappa shape index (κ2) is 6.37. The Kier molecular flexibility index (Phi) is 3.83. The first-order chi connectivity index (χ1) is 13.6. The van der Waals surface area contributed by atoms with Gasteiger partial charge in [-0.05, 0) is 43.3 Å². The Morgan fingerprint density at radius 1 is 0.929 bits per heavy atom. The number of para-hydroxylation sites is 2. The van der Waals surface area contributed by atoms with Crippen LogP contribution < -0.4 is 5.43 Å². The number of fused-ring (bicyclic) bond motifs is 3. The molecule has 0 bridgehead atoms. The number of hydrogen-bond donors (Lipinski definition) is 0. The molecule has 5 nitrogen and oxygen atoms in total. The highest BCUT2D eigenvalue weighted by Crippen LogP contribution is 2.26.